The summed E-state index contributed by atoms with van der Waals surface area (Å²) < 4.78 is 5.37. The Bertz CT molecular complexity index is 1030. The molecule has 0 fully saturated rings. The number of fused-ring (bicyclic) bond motifs is 1. The van der Waals surface area contributed by atoms with Gasteiger partial charge >= 0.3 is 5.69 Å². The van der Waals surface area contributed by atoms with E-state index in [1.54, 1.807) is 12.1 Å². The van der Waals surface area contributed by atoms with Gasteiger partial charge in [0.05, 0.1) is 10.9 Å². The first-order valence-electron chi connectivity index (χ1n) is 6.36. The molecule has 2 aromatic heterocycles. The maximum Gasteiger partial charge on any atom is 0.326 e. The van der Waals surface area contributed by atoms with Gasteiger partial charge in [0, 0.05) is 17.4 Å². The average molecular weight is 297 g/mol. The molecular weight excluding hydrogens is 286 g/mol. The van der Waals surface area contributed by atoms with Crippen LogP contribution in [0.4, 0.5) is 5.69 Å². The fourth-order valence-corrected chi connectivity index (χ4v) is 2.04. The molecule has 3 rings (SSSR count). The molecule has 2 heterocycles. The van der Waals surface area contributed by atoms with E-state index in [0.717, 1.165) is 0 Å². The number of nitrogens with two attached hydrogens (primary N) is 1. The lowest BCUT2D eigenvalue weighted by Gasteiger charge is -1.99. The summed E-state index contributed by atoms with van der Waals surface area (Å²) in [5.74, 6) is 0. The molecule has 0 bridgehead atoms. The molecule has 0 saturated carbocycles. The second kappa shape index (κ2) is 5.21. The molecule has 1 aromatic carbocycles. The Morgan fingerprint density at radius 1 is 1.05 bits per heavy atom. The highest BCUT2D eigenvalue weighted by molar-refractivity contribution is 5.82. The second-order valence-electron chi connectivity index (χ2n) is 4.65. The molecule has 110 valence electrons. The number of nitrogens with one attached hydrogen (secondary N) is 2. The summed E-state index contributed by atoms with van der Waals surface area (Å²) in [7, 11) is 0. The Morgan fingerprint density at radius 2 is 1.86 bits per heavy atom. The smallest absolute Gasteiger partial charge is 0.326 e. The molecule has 7 heteroatoms. The number of nitrogen functional groups attached to an aromatic ring is 1. The number of hydrogen-bond donors (Lipinski definition) is 3. The largest absolute Gasteiger partial charge is 0.463 e. The molecule has 0 spiro atoms. The zero-order valence-electron chi connectivity index (χ0n) is 11.3. The third-order valence-electron chi connectivity index (χ3n) is 3.05. The minimum Gasteiger partial charge on any atom is -0.463 e. The standard InChI is InChI=1S/C15H11N3O4/c16-9-2-4-12-11(5-9)14(20)8(7-22-12)1-3-10-6-13(19)18-15(21)17-10/h1-7H,16H2,(H2,17,18,19,21). The third-order valence-corrected chi connectivity index (χ3v) is 3.05. The van der Waals surface area contributed by atoms with E-state index in [0.29, 0.717) is 16.7 Å². The van der Waals surface area contributed by atoms with E-state index >= 15 is 0 Å². The molecule has 0 saturated heterocycles. The monoisotopic (exact) mass is 297 g/mol. The van der Waals surface area contributed by atoms with Crippen LogP contribution in [0.1, 0.15) is 11.3 Å². The molecular formula is C15H11N3O4. The van der Waals surface area contributed by atoms with Gasteiger partial charge < -0.3 is 15.1 Å². The minimum absolute atomic E-state index is 0.253. The summed E-state index contributed by atoms with van der Waals surface area (Å²) in [4.78, 5) is 39.2. The number of hydrogen-bond acceptors (Lipinski definition) is 5. The van der Waals surface area contributed by atoms with Crippen molar-refractivity contribution in [1.82, 2.24) is 9.97 Å². The zero-order valence-corrected chi connectivity index (χ0v) is 11.3. The van der Waals surface area contributed by atoms with Crippen molar-refractivity contribution >= 4 is 28.8 Å². The summed E-state index contributed by atoms with van der Waals surface area (Å²) in [5, 5.41) is 0.363. The molecule has 0 aliphatic carbocycles. The van der Waals surface area contributed by atoms with Crippen molar-refractivity contribution in [3.8, 4) is 0 Å². The molecule has 7 nitrogen and oxygen atoms in total. The quantitative estimate of drug-likeness (QED) is 0.607. The van der Waals surface area contributed by atoms with Gasteiger partial charge in [-0.25, -0.2) is 4.79 Å². The second-order valence-corrected chi connectivity index (χ2v) is 4.65. The van der Waals surface area contributed by atoms with Crippen molar-refractivity contribution < 1.29 is 4.42 Å². The van der Waals surface area contributed by atoms with Crippen molar-refractivity contribution in [2.45, 2.75) is 0 Å². The maximum absolute atomic E-state index is 12.3. The Hall–Kier alpha value is -3.35. The van der Waals surface area contributed by atoms with Crippen molar-refractivity contribution in [1.29, 1.82) is 0 Å². The highest BCUT2D eigenvalue weighted by atomic mass is 16.3. The van der Waals surface area contributed by atoms with Crippen LogP contribution in [-0.2, 0) is 0 Å². The topological polar surface area (TPSA) is 122 Å². The number of anilines is 1. The third kappa shape index (κ3) is 2.59. The van der Waals surface area contributed by atoms with Crippen LogP contribution in [0.15, 0.2) is 49.3 Å². The lowest BCUT2D eigenvalue weighted by Crippen LogP contribution is -2.21. The van der Waals surface area contributed by atoms with Crippen LogP contribution in [0.25, 0.3) is 23.1 Å². The minimum atomic E-state index is -0.620. The van der Waals surface area contributed by atoms with Gasteiger partial charge in [-0.15, -0.1) is 0 Å². The van der Waals surface area contributed by atoms with Gasteiger partial charge in [-0.1, -0.05) is 0 Å². The van der Waals surface area contributed by atoms with Gasteiger partial charge in [-0.2, -0.15) is 0 Å². The highest BCUT2D eigenvalue weighted by Crippen LogP contribution is 2.15. The summed E-state index contributed by atoms with van der Waals surface area (Å²) in [6.45, 7) is 0. The number of H-pyrrole nitrogens is 2. The lowest BCUT2D eigenvalue weighted by molar-refractivity contribution is 0.601. The molecule has 22 heavy (non-hydrogen) atoms. The van der Waals surface area contributed by atoms with Crippen LogP contribution in [0.3, 0.4) is 0 Å². The number of aromatic nitrogens is 2. The van der Waals surface area contributed by atoms with E-state index in [9.17, 15) is 14.4 Å². The molecule has 0 amide bonds. The number of rotatable bonds is 2. The van der Waals surface area contributed by atoms with Crippen LogP contribution in [0.5, 0.6) is 0 Å². The first-order chi connectivity index (χ1) is 10.5. The predicted molar refractivity (Wildman–Crippen MR) is 83.5 cm³/mol. The molecule has 4 N–H and O–H groups in total. The van der Waals surface area contributed by atoms with E-state index in [1.807, 2.05) is 0 Å². The van der Waals surface area contributed by atoms with Crippen molar-refractivity contribution in [3.63, 3.8) is 0 Å². The SMILES string of the molecule is Nc1ccc2occ(C=Cc3cc(=O)[nH]c(=O)[nH]3)c(=O)c2c1. The van der Waals surface area contributed by atoms with Gasteiger partial charge in [-0.05, 0) is 30.4 Å². The predicted octanol–water partition coefficient (Wildman–Crippen LogP) is 0.922. The summed E-state index contributed by atoms with van der Waals surface area (Å²) >= 11 is 0. The van der Waals surface area contributed by atoms with E-state index in [2.05, 4.69) is 9.97 Å². The molecule has 3 aromatic rings. The number of aromatic amines is 2. The van der Waals surface area contributed by atoms with E-state index in [4.69, 9.17) is 10.2 Å². The van der Waals surface area contributed by atoms with Crippen LogP contribution < -0.4 is 22.4 Å². The fourth-order valence-electron chi connectivity index (χ4n) is 2.04. The van der Waals surface area contributed by atoms with Gasteiger partial charge in [0.25, 0.3) is 5.56 Å². The van der Waals surface area contributed by atoms with Gasteiger partial charge in [0.2, 0.25) is 0 Å². The maximum atomic E-state index is 12.3. The van der Waals surface area contributed by atoms with Gasteiger partial charge in [0.1, 0.15) is 11.8 Å². The van der Waals surface area contributed by atoms with Crippen molar-refractivity contribution in [3.05, 3.63) is 72.8 Å². The lowest BCUT2D eigenvalue weighted by atomic mass is 10.1. The van der Waals surface area contributed by atoms with Crippen LogP contribution in [0, 0.1) is 0 Å². The normalized spacial score (nSPS) is 11.3. The summed E-state index contributed by atoms with van der Waals surface area (Å²) in [6, 6.07) is 6.00. The zero-order chi connectivity index (χ0) is 15.7. The summed E-state index contributed by atoms with van der Waals surface area (Å²) in [5.41, 5.74) is 5.71. The van der Waals surface area contributed by atoms with E-state index < -0.39 is 11.2 Å². The first kappa shape index (κ1) is 13.6. The fraction of sp³-hybridized carbons (Fsp3) is 0. The number of benzene rings is 1. The van der Waals surface area contributed by atoms with Crippen molar-refractivity contribution in [2.24, 2.45) is 0 Å². The average Bonchev–Trinajstić information content (AvgIpc) is 2.46. The molecule has 0 aliphatic heterocycles. The molecule has 0 unspecified atom stereocenters. The van der Waals surface area contributed by atoms with E-state index in [1.165, 1.54) is 30.5 Å². The van der Waals surface area contributed by atoms with Crippen LogP contribution in [0.2, 0.25) is 0 Å². The van der Waals surface area contributed by atoms with Crippen LogP contribution in [-0.4, -0.2) is 9.97 Å². The molecule has 0 aliphatic rings. The molecule has 0 atom stereocenters. The molecule has 0 radical (unpaired) electrons. The van der Waals surface area contributed by atoms with Crippen molar-refractivity contribution in [2.75, 3.05) is 5.73 Å². The Balaban J connectivity index is 2.09. The van der Waals surface area contributed by atoms with Crippen LogP contribution >= 0.6 is 0 Å². The Morgan fingerprint density at radius 3 is 2.64 bits per heavy atom. The first-order valence-corrected chi connectivity index (χ1v) is 6.36. The Kier molecular flexibility index (Phi) is 3.23. The highest BCUT2D eigenvalue weighted by Gasteiger charge is 2.05. The van der Waals surface area contributed by atoms with E-state index in [-0.39, 0.29) is 16.7 Å². The van der Waals surface area contributed by atoms with Gasteiger partial charge in [-0.3, -0.25) is 14.6 Å². The summed E-state index contributed by atoms with van der Waals surface area (Å²) in [6.07, 6.45) is 4.21. The van der Waals surface area contributed by atoms with Gasteiger partial charge in [0.15, 0.2) is 5.43 Å². The Labute approximate surface area is 122 Å².